The molecular weight excluding hydrogens is 438 g/mol. The zero-order chi connectivity index (χ0) is 23.5. The number of benzene rings is 2. The van der Waals surface area contributed by atoms with Crippen molar-refractivity contribution < 1.29 is 9.53 Å². The maximum atomic E-state index is 12.8. The molecule has 0 aliphatic carbocycles. The maximum absolute atomic E-state index is 12.8. The zero-order valence-corrected chi connectivity index (χ0v) is 19.7. The van der Waals surface area contributed by atoms with Gasteiger partial charge < -0.3 is 10.1 Å². The minimum Gasteiger partial charge on any atom is -0.497 e. The van der Waals surface area contributed by atoms with Crippen LogP contribution in [0.4, 0.5) is 0 Å². The SMILES string of the molecule is COc1cccc([C@@H](C)NC(=O)Cn2nc3c(Sc4ccc(C)cc4C)nccn3c2=O)c1. The van der Waals surface area contributed by atoms with E-state index < -0.39 is 0 Å². The van der Waals surface area contributed by atoms with Crippen LogP contribution in [0.15, 0.2) is 69.6 Å². The lowest BCUT2D eigenvalue weighted by Crippen LogP contribution is -2.34. The Labute approximate surface area is 195 Å². The smallest absolute Gasteiger partial charge is 0.350 e. The van der Waals surface area contributed by atoms with Crippen molar-refractivity contribution in [3.63, 3.8) is 0 Å². The highest BCUT2D eigenvalue weighted by molar-refractivity contribution is 7.99. The van der Waals surface area contributed by atoms with E-state index in [1.165, 1.54) is 21.7 Å². The lowest BCUT2D eigenvalue weighted by Gasteiger charge is -2.15. The number of amides is 1. The molecule has 0 saturated heterocycles. The van der Waals surface area contributed by atoms with Crippen LogP contribution in [-0.4, -0.2) is 32.2 Å². The first-order chi connectivity index (χ1) is 15.9. The highest BCUT2D eigenvalue weighted by atomic mass is 32.2. The van der Waals surface area contributed by atoms with Gasteiger partial charge in [0.15, 0.2) is 5.65 Å². The average Bonchev–Trinajstić information content (AvgIpc) is 3.11. The molecule has 1 atom stereocenters. The number of nitrogens with zero attached hydrogens (tertiary/aromatic N) is 4. The molecule has 4 aromatic rings. The Bertz CT molecular complexity index is 1380. The molecule has 1 amide bonds. The molecule has 2 aromatic carbocycles. The van der Waals surface area contributed by atoms with Gasteiger partial charge in [-0.05, 0) is 50.1 Å². The Kier molecular flexibility index (Phi) is 6.50. The summed E-state index contributed by atoms with van der Waals surface area (Å²) in [7, 11) is 1.60. The molecular formula is C24H25N5O3S. The molecule has 0 spiro atoms. The van der Waals surface area contributed by atoms with Gasteiger partial charge in [-0.1, -0.05) is 41.6 Å². The van der Waals surface area contributed by atoms with Crippen molar-refractivity contribution in [3.05, 3.63) is 82.0 Å². The molecule has 0 fully saturated rings. The second-order valence-corrected chi connectivity index (χ2v) is 8.83. The molecule has 2 heterocycles. The Balaban J connectivity index is 1.54. The van der Waals surface area contributed by atoms with Crippen molar-refractivity contribution in [2.45, 2.75) is 43.3 Å². The van der Waals surface area contributed by atoms with E-state index in [2.05, 4.69) is 21.5 Å². The van der Waals surface area contributed by atoms with Gasteiger partial charge in [-0.15, -0.1) is 5.10 Å². The van der Waals surface area contributed by atoms with Crippen molar-refractivity contribution in [1.29, 1.82) is 0 Å². The highest BCUT2D eigenvalue weighted by Gasteiger charge is 2.17. The number of carbonyl (C=O) groups excluding carboxylic acids is 1. The molecule has 4 rings (SSSR count). The first-order valence-electron chi connectivity index (χ1n) is 10.5. The van der Waals surface area contributed by atoms with Crippen LogP contribution in [0, 0.1) is 13.8 Å². The van der Waals surface area contributed by atoms with Crippen LogP contribution in [0.5, 0.6) is 5.75 Å². The topological polar surface area (TPSA) is 90.5 Å². The van der Waals surface area contributed by atoms with E-state index in [4.69, 9.17) is 4.74 Å². The fourth-order valence-corrected chi connectivity index (χ4v) is 4.44. The number of methoxy groups -OCH3 is 1. The van der Waals surface area contributed by atoms with Crippen LogP contribution in [0.1, 0.15) is 29.7 Å². The molecule has 8 nitrogen and oxygen atoms in total. The maximum Gasteiger partial charge on any atom is 0.350 e. The molecule has 0 radical (unpaired) electrons. The average molecular weight is 464 g/mol. The van der Waals surface area contributed by atoms with Gasteiger partial charge in [0.25, 0.3) is 0 Å². The minimum absolute atomic E-state index is 0.192. The molecule has 170 valence electrons. The van der Waals surface area contributed by atoms with Crippen molar-refractivity contribution in [3.8, 4) is 5.75 Å². The fraction of sp³-hybridized carbons (Fsp3) is 0.250. The molecule has 0 aliphatic rings. The Morgan fingerprint density at radius 3 is 2.79 bits per heavy atom. The summed E-state index contributed by atoms with van der Waals surface area (Å²) in [5, 5.41) is 7.92. The van der Waals surface area contributed by atoms with Crippen molar-refractivity contribution in [2.24, 2.45) is 0 Å². The van der Waals surface area contributed by atoms with Gasteiger partial charge in [0.1, 0.15) is 17.3 Å². The first-order valence-corrected chi connectivity index (χ1v) is 11.3. The van der Waals surface area contributed by atoms with Crippen LogP contribution in [0.25, 0.3) is 5.65 Å². The van der Waals surface area contributed by atoms with Crippen LogP contribution in [0.3, 0.4) is 0 Å². The number of hydrogen-bond donors (Lipinski definition) is 1. The van der Waals surface area contributed by atoms with Crippen molar-refractivity contribution >= 4 is 23.3 Å². The Morgan fingerprint density at radius 2 is 2.03 bits per heavy atom. The van der Waals surface area contributed by atoms with Gasteiger partial charge in [0.05, 0.1) is 13.2 Å². The lowest BCUT2D eigenvalue weighted by molar-refractivity contribution is -0.122. The number of nitrogens with one attached hydrogen (secondary N) is 1. The summed E-state index contributed by atoms with van der Waals surface area (Å²) in [6.45, 7) is 5.76. The largest absolute Gasteiger partial charge is 0.497 e. The second-order valence-electron chi connectivity index (χ2n) is 7.80. The molecule has 1 N–H and O–H groups in total. The predicted octanol–water partition coefficient (Wildman–Crippen LogP) is 3.55. The van der Waals surface area contributed by atoms with Crippen LogP contribution in [0.2, 0.25) is 0 Å². The third kappa shape index (κ3) is 4.93. The van der Waals surface area contributed by atoms with E-state index in [0.29, 0.717) is 16.4 Å². The third-order valence-electron chi connectivity index (χ3n) is 5.27. The number of rotatable bonds is 7. The Hall–Kier alpha value is -3.59. The summed E-state index contributed by atoms with van der Waals surface area (Å²) in [6.07, 6.45) is 3.13. The van der Waals surface area contributed by atoms with Crippen LogP contribution < -0.4 is 15.7 Å². The van der Waals surface area contributed by atoms with Crippen molar-refractivity contribution in [1.82, 2.24) is 24.5 Å². The number of aromatic nitrogens is 4. The van der Waals surface area contributed by atoms with E-state index in [0.717, 1.165) is 20.7 Å². The summed E-state index contributed by atoms with van der Waals surface area (Å²) in [6, 6.07) is 13.4. The Morgan fingerprint density at radius 1 is 1.21 bits per heavy atom. The minimum atomic E-state index is -0.390. The standard InChI is InChI=1S/C24H25N5O3S/c1-15-8-9-20(16(2)12-15)33-23-22-27-29(24(31)28(22)11-10-25-23)14-21(30)26-17(3)18-6-5-7-19(13-18)32-4/h5-13,17H,14H2,1-4H3,(H,26,30)/t17-/m1/s1. The zero-order valence-electron chi connectivity index (χ0n) is 18.9. The summed E-state index contributed by atoms with van der Waals surface area (Å²) < 4.78 is 7.82. The molecule has 33 heavy (non-hydrogen) atoms. The monoisotopic (exact) mass is 463 g/mol. The number of aryl methyl sites for hydroxylation is 2. The van der Waals surface area contributed by atoms with Gasteiger partial charge in [-0.25, -0.2) is 18.9 Å². The lowest BCUT2D eigenvalue weighted by atomic mass is 10.1. The molecule has 0 bridgehead atoms. The van der Waals surface area contributed by atoms with E-state index in [-0.39, 0.29) is 24.2 Å². The van der Waals surface area contributed by atoms with E-state index in [1.807, 2.05) is 57.2 Å². The van der Waals surface area contributed by atoms with Crippen LogP contribution >= 0.6 is 11.8 Å². The summed E-state index contributed by atoms with van der Waals surface area (Å²) >= 11 is 1.45. The number of carbonyl (C=O) groups is 1. The number of hydrogen-bond acceptors (Lipinski definition) is 6. The molecule has 0 aliphatic heterocycles. The molecule has 2 aromatic heterocycles. The summed E-state index contributed by atoms with van der Waals surface area (Å²) in [4.78, 5) is 31.0. The normalized spacial score (nSPS) is 12.0. The third-order valence-corrected chi connectivity index (χ3v) is 6.43. The van der Waals surface area contributed by atoms with Crippen molar-refractivity contribution in [2.75, 3.05) is 7.11 Å². The molecule has 9 heteroatoms. The van der Waals surface area contributed by atoms with E-state index in [1.54, 1.807) is 19.5 Å². The van der Waals surface area contributed by atoms with Gasteiger partial charge in [0.2, 0.25) is 5.91 Å². The number of ether oxygens (including phenoxy) is 1. The summed E-state index contributed by atoms with van der Waals surface area (Å²) in [5.41, 5.74) is 3.23. The van der Waals surface area contributed by atoms with E-state index in [9.17, 15) is 9.59 Å². The second kappa shape index (κ2) is 9.50. The molecule has 0 saturated carbocycles. The predicted molar refractivity (Wildman–Crippen MR) is 127 cm³/mol. The summed E-state index contributed by atoms with van der Waals surface area (Å²) in [5.74, 6) is 0.402. The molecule has 0 unspecified atom stereocenters. The van der Waals surface area contributed by atoms with Crippen LogP contribution in [-0.2, 0) is 11.3 Å². The van der Waals surface area contributed by atoms with E-state index >= 15 is 0 Å². The first kappa shape index (κ1) is 22.6. The van der Waals surface area contributed by atoms with Gasteiger partial charge >= 0.3 is 5.69 Å². The number of fused-ring (bicyclic) bond motifs is 1. The quantitative estimate of drug-likeness (QED) is 0.451. The van der Waals surface area contributed by atoms with Gasteiger partial charge in [-0.3, -0.25) is 4.79 Å². The highest BCUT2D eigenvalue weighted by Crippen LogP contribution is 2.31. The fourth-order valence-electron chi connectivity index (χ4n) is 3.54. The van der Waals surface area contributed by atoms with Gasteiger partial charge in [-0.2, -0.15) is 0 Å². The van der Waals surface area contributed by atoms with Gasteiger partial charge in [0, 0.05) is 17.3 Å².